The van der Waals surface area contributed by atoms with Crippen molar-refractivity contribution in [3.8, 4) is 23.0 Å². The number of benzene rings is 3. The standard InChI is InChI=1S/C25H19F8NO5Si/c1-10(2)34(11(3)4)25(12-8-6-5-7-9-12)39-40(35-21-17(30)13(26)14(27)18(31)22(21)36-40)37-23-19(32)15(28)16(29)20(33)24(23)38-40/h5-11H,1-4H3. The molecule has 3 aromatic carbocycles. The second-order valence-corrected chi connectivity index (χ2v) is 12.1. The number of fused-ring (bicyclic) bond motifs is 2. The van der Waals surface area contributed by atoms with Crippen molar-refractivity contribution in [2.75, 3.05) is 0 Å². The molecule has 0 N–H and O–H groups in total. The molecule has 15 heteroatoms. The van der Waals surface area contributed by atoms with Gasteiger partial charge in [-0.2, -0.15) is 0 Å². The first-order valence-corrected chi connectivity index (χ1v) is 13.8. The van der Waals surface area contributed by atoms with Crippen LogP contribution in [0.1, 0.15) is 33.3 Å². The summed E-state index contributed by atoms with van der Waals surface area (Å²) in [7, 11) is -6.82. The maximum atomic E-state index is 14.8. The summed E-state index contributed by atoms with van der Waals surface area (Å²) >= 11 is 0. The summed E-state index contributed by atoms with van der Waals surface area (Å²) in [4.78, 5) is 0. The Morgan fingerprint density at radius 3 is 1.20 bits per heavy atom. The molecule has 0 aromatic heterocycles. The summed E-state index contributed by atoms with van der Waals surface area (Å²) in [5.74, 6) is -23.9. The van der Waals surface area contributed by atoms with Gasteiger partial charge in [-0.05, 0) is 0 Å². The van der Waals surface area contributed by atoms with Crippen LogP contribution in [-0.2, 0) is 4.43 Å². The average molecular weight is 593 g/mol. The van der Waals surface area contributed by atoms with Crippen molar-refractivity contribution in [1.82, 2.24) is 0 Å². The van der Waals surface area contributed by atoms with E-state index in [9.17, 15) is 35.1 Å². The monoisotopic (exact) mass is 593 g/mol. The van der Waals surface area contributed by atoms with E-state index < -0.39 is 90.2 Å². The fourth-order valence-electron chi connectivity index (χ4n) is 4.49. The van der Waals surface area contributed by atoms with Crippen molar-refractivity contribution < 1.29 is 61.8 Å². The Kier molecular flexibility index (Phi) is 6.20. The predicted octanol–water partition coefficient (Wildman–Crippen LogP) is 6.22. The summed E-state index contributed by atoms with van der Waals surface area (Å²) in [5.41, 5.74) is 0.220. The Hall–Kier alpha value is -4.01. The summed E-state index contributed by atoms with van der Waals surface area (Å²) in [6.45, 7) is 6.85. The van der Waals surface area contributed by atoms with Crippen LogP contribution in [0, 0.1) is 46.5 Å². The first kappa shape index (κ1) is 27.5. The van der Waals surface area contributed by atoms with Crippen LogP contribution >= 0.6 is 0 Å². The molecule has 40 heavy (non-hydrogen) atoms. The molecule has 0 fully saturated rings. The van der Waals surface area contributed by atoms with Gasteiger partial charge in [0.15, 0.2) is 0 Å². The van der Waals surface area contributed by atoms with E-state index in [1.807, 2.05) is 0 Å². The molecule has 0 unspecified atom stereocenters. The minimum absolute atomic E-state index is 0.220. The van der Waals surface area contributed by atoms with Crippen LogP contribution in [0.3, 0.4) is 0 Å². The Bertz CT molecular complexity index is 1430. The van der Waals surface area contributed by atoms with E-state index in [2.05, 4.69) is 0 Å². The Morgan fingerprint density at radius 2 is 0.900 bits per heavy atom. The Balaban J connectivity index is 1.83. The molecule has 1 spiro atoms. The van der Waals surface area contributed by atoms with Crippen LogP contribution in [0.15, 0.2) is 30.3 Å². The number of hydrogen-bond acceptors (Lipinski definition) is 5. The van der Waals surface area contributed by atoms with Crippen LogP contribution < -0.4 is 17.7 Å². The van der Waals surface area contributed by atoms with Gasteiger partial charge in [0.25, 0.3) is 0 Å². The number of hydrogen-bond donors (Lipinski definition) is 0. The third-order valence-electron chi connectivity index (χ3n) is 6.07. The zero-order valence-corrected chi connectivity index (χ0v) is 22.1. The second-order valence-electron chi connectivity index (χ2n) is 9.44. The van der Waals surface area contributed by atoms with Crippen molar-refractivity contribution in [2.45, 2.75) is 39.8 Å². The van der Waals surface area contributed by atoms with Gasteiger partial charge in [-0.25, -0.2) is 0 Å². The quantitative estimate of drug-likeness (QED) is 0.0684. The molecule has 0 atom stereocenters. The van der Waals surface area contributed by atoms with E-state index in [0.29, 0.717) is 0 Å². The normalized spacial score (nSPS) is 16.8. The van der Waals surface area contributed by atoms with E-state index >= 15 is 0 Å². The molecule has 0 amide bonds. The van der Waals surface area contributed by atoms with Crippen LogP contribution in [0.25, 0.3) is 0 Å². The van der Waals surface area contributed by atoms with E-state index in [0.717, 1.165) is 0 Å². The Labute approximate surface area is 221 Å². The number of rotatable bonds is 4. The maximum absolute atomic E-state index is 14.8. The van der Waals surface area contributed by atoms with Gasteiger partial charge in [0.05, 0.1) is 0 Å². The van der Waals surface area contributed by atoms with E-state index in [-0.39, 0.29) is 11.5 Å². The zero-order valence-electron chi connectivity index (χ0n) is 21.1. The molecule has 0 bridgehead atoms. The summed E-state index contributed by atoms with van der Waals surface area (Å²) in [6.07, 6.45) is 0. The van der Waals surface area contributed by atoms with Crippen molar-refractivity contribution in [2.24, 2.45) is 0 Å². The van der Waals surface area contributed by atoms with Crippen molar-refractivity contribution >= 4 is 14.5 Å². The molecule has 0 aliphatic carbocycles. The van der Waals surface area contributed by atoms with E-state index in [4.69, 9.17) is 22.1 Å². The minimum atomic E-state index is -6.82. The molecule has 214 valence electrons. The predicted molar refractivity (Wildman–Crippen MR) is 123 cm³/mol. The van der Waals surface area contributed by atoms with Crippen LogP contribution in [-0.4, -0.2) is 31.1 Å². The van der Waals surface area contributed by atoms with E-state index in [1.54, 1.807) is 50.5 Å². The first-order chi connectivity index (χ1) is 18.7. The van der Waals surface area contributed by atoms with E-state index in [1.165, 1.54) is 12.1 Å². The number of nitrogens with zero attached hydrogens (tertiary/aromatic N) is 1. The fourth-order valence-corrected chi connectivity index (χ4v) is 7.51. The van der Waals surface area contributed by atoms with Crippen molar-refractivity contribution in [3.05, 3.63) is 82.4 Å². The third kappa shape index (κ3) is 3.85. The molecular weight excluding hydrogens is 574 g/mol. The van der Waals surface area contributed by atoms with Crippen molar-refractivity contribution in [3.63, 3.8) is 0 Å². The molecule has 6 nitrogen and oxygen atoms in total. The van der Waals surface area contributed by atoms with Gasteiger partial charge >= 0.3 is 222 Å². The molecule has 2 aliphatic rings. The van der Waals surface area contributed by atoms with Crippen LogP contribution in [0.2, 0.25) is 0 Å². The molecule has 0 radical (unpaired) electrons. The molecule has 0 saturated heterocycles. The molecular formula is C25H19F8NO5Si. The van der Waals surface area contributed by atoms with Crippen molar-refractivity contribution in [1.29, 1.82) is 0 Å². The summed E-state index contributed by atoms with van der Waals surface area (Å²) in [5, 5.41) is 0. The van der Waals surface area contributed by atoms with Gasteiger partial charge in [0, 0.05) is 0 Å². The molecule has 3 aromatic rings. The van der Waals surface area contributed by atoms with Gasteiger partial charge in [0.2, 0.25) is 0 Å². The van der Waals surface area contributed by atoms with Gasteiger partial charge in [-0.3, -0.25) is 0 Å². The topological polar surface area (TPSA) is 49.2 Å². The molecule has 5 rings (SSSR count). The fraction of sp³-hybridized carbons (Fsp3) is 0.240. The third-order valence-corrected chi connectivity index (χ3v) is 8.75. The number of halogens is 8. The average Bonchev–Trinajstić information content (AvgIpc) is 3.44. The van der Waals surface area contributed by atoms with Gasteiger partial charge in [-0.1, -0.05) is 0 Å². The Morgan fingerprint density at radius 1 is 0.575 bits per heavy atom. The second kappa shape index (κ2) is 9.01. The summed E-state index contributed by atoms with van der Waals surface area (Å²) < 4.78 is 145. The van der Waals surface area contributed by atoms with Gasteiger partial charge in [0.1, 0.15) is 0 Å². The molecule has 0 saturated carbocycles. The molecule has 2 aliphatic heterocycles. The first-order valence-electron chi connectivity index (χ1n) is 11.8. The van der Waals surface area contributed by atoms with Crippen LogP contribution in [0.5, 0.6) is 23.0 Å². The van der Waals surface area contributed by atoms with Gasteiger partial charge in [-0.15, -0.1) is 0 Å². The SMILES string of the molecule is CC(C)[N+](=C(O[Si-]12(Oc3c(F)c(F)c(F)c(F)c3O1)Oc1c(F)c(F)c(F)c(F)c1O2)c1ccccc1)C(C)C. The zero-order chi connectivity index (χ0) is 29.3. The van der Waals surface area contributed by atoms with Crippen LogP contribution in [0.4, 0.5) is 35.1 Å². The summed E-state index contributed by atoms with van der Waals surface area (Å²) in [6, 6.07) is 6.92. The van der Waals surface area contributed by atoms with Gasteiger partial charge < -0.3 is 0 Å². The molecule has 2 heterocycles.